The molecule has 0 aliphatic carbocycles. The van der Waals surface area contributed by atoms with Gasteiger partial charge in [-0.25, -0.2) is 21.6 Å². The van der Waals surface area contributed by atoms with Crippen molar-refractivity contribution in [1.82, 2.24) is 9.80 Å². The van der Waals surface area contributed by atoms with Gasteiger partial charge in [0.05, 0.1) is 0 Å². The summed E-state index contributed by atoms with van der Waals surface area (Å²) in [6.07, 6.45) is 0. The van der Waals surface area contributed by atoms with Crippen molar-refractivity contribution in [2.45, 2.75) is 13.0 Å². The minimum Gasteiger partial charge on any atom is -0.336 e. The summed E-state index contributed by atoms with van der Waals surface area (Å²) in [5, 5.41) is 0. The number of piperazine rings is 1. The van der Waals surface area contributed by atoms with Crippen LogP contribution in [0.15, 0.2) is 36.4 Å². The maximum Gasteiger partial charge on any atom is 0.253 e. The summed E-state index contributed by atoms with van der Waals surface area (Å²) in [7, 11) is -2.77. The molecule has 3 rings (SSSR count). The Hall–Kier alpha value is -2.59. The number of carbonyl (C=O) groups is 1. The molecular weight excluding hydrogens is 407 g/mol. The van der Waals surface area contributed by atoms with Crippen LogP contribution in [-0.4, -0.2) is 50.3 Å². The van der Waals surface area contributed by atoms with Crippen LogP contribution in [0, 0.1) is 17.5 Å². The Labute approximate surface area is 168 Å². The normalized spacial score (nSPS) is 16.1. The number of nitrogens with one attached hydrogen (secondary N) is 1. The van der Waals surface area contributed by atoms with Crippen molar-refractivity contribution in [1.29, 1.82) is 0 Å². The van der Waals surface area contributed by atoms with Crippen molar-refractivity contribution in [3.8, 4) is 0 Å². The van der Waals surface area contributed by atoms with Gasteiger partial charge in [0.15, 0.2) is 11.6 Å². The first-order valence-electron chi connectivity index (χ1n) is 8.95. The van der Waals surface area contributed by atoms with Crippen molar-refractivity contribution in [3.05, 3.63) is 65.0 Å². The average molecular weight is 427 g/mol. The Balaban J connectivity index is 1.62. The van der Waals surface area contributed by atoms with E-state index in [1.165, 1.54) is 24.3 Å². The average Bonchev–Trinajstić information content (AvgIpc) is 2.70. The summed E-state index contributed by atoms with van der Waals surface area (Å²) < 4.78 is 64.2. The number of anilines is 1. The first-order valence-corrected chi connectivity index (χ1v) is 10.1. The fraction of sp³-hybridized carbons (Fsp3) is 0.316. The number of rotatable bonds is 5. The Kier molecular flexibility index (Phi) is 6.43. The third kappa shape index (κ3) is 4.88. The number of hydrogen-bond acceptors (Lipinski definition) is 4. The second kappa shape index (κ2) is 8.83. The zero-order chi connectivity index (χ0) is 21.1. The second-order valence-corrected chi connectivity index (χ2v) is 7.48. The van der Waals surface area contributed by atoms with Crippen LogP contribution in [0.3, 0.4) is 0 Å². The highest BCUT2D eigenvalue weighted by Gasteiger charge is 2.27. The minimum absolute atomic E-state index is 0.0727. The molecule has 0 spiro atoms. The van der Waals surface area contributed by atoms with Crippen LogP contribution < -0.4 is 4.72 Å². The maximum atomic E-state index is 14.0. The predicted molar refractivity (Wildman–Crippen MR) is 103 cm³/mol. The number of hydrogen-bond donors (Lipinski definition) is 2. The van der Waals surface area contributed by atoms with Crippen LogP contribution in [0.4, 0.5) is 18.9 Å². The van der Waals surface area contributed by atoms with Gasteiger partial charge >= 0.3 is 0 Å². The Morgan fingerprint density at radius 2 is 1.55 bits per heavy atom. The monoisotopic (exact) mass is 427 g/mol. The highest BCUT2D eigenvalue weighted by molar-refractivity contribution is 7.73. The van der Waals surface area contributed by atoms with Gasteiger partial charge in [0.2, 0.25) is 10.9 Å². The number of amides is 1. The van der Waals surface area contributed by atoms with E-state index in [4.69, 9.17) is 0 Å². The number of carbonyl (C=O) groups excluding carboxylic acids is 1. The summed E-state index contributed by atoms with van der Waals surface area (Å²) >= 11 is 0. The molecule has 1 unspecified atom stereocenters. The molecule has 1 aliphatic heterocycles. The standard InChI is InChI=1S/C19H20F3N3O3S/c1-12(15-10-17(21)18(22)11-16(15)20)24-6-8-25(9-7-24)19(26)13-2-4-14(5-3-13)23-29(27)28/h2-5,10-12,29H,6-9H2,1H3,(H,23,27,28). The molecule has 0 saturated carbocycles. The van der Waals surface area contributed by atoms with Gasteiger partial charge in [-0.15, -0.1) is 0 Å². The molecule has 1 aliphatic rings. The smallest absolute Gasteiger partial charge is 0.253 e. The fourth-order valence-electron chi connectivity index (χ4n) is 3.34. The molecule has 6 nitrogen and oxygen atoms in total. The third-order valence-electron chi connectivity index (χ3n) is 4.99. The van der Waals surface area contributed by atoms with Crippen LogP contribution in [-0.2, 0) is 10.9 Å². The van der Waals surface area contributed by atoms with E-state index in [2.05, 4.69) is 4.72 Å². The van der Waals surface area contributed by atoms with E-state index in [0.717, 1.165) is 6.07 Å². The van der Waals surface area contributed by atoms with Gasteiger partial charge in [-0.3, -0.25) is 14.4 Å². The van der Waals surface area contributed by atoms with Gasteiger partial charge in [0.25, 0.3) is 5.91 Å². The first kappa shape index (κ1) is 21.1. The molecule has 10 heteroatoms. The van der Waals surface area contributed by atoms with Crippen LogP contribution in [0.2, 0.25) is 0 Å². The lowest BCUT2D eigenvalue weighted by Crippen LogP contribution is -2.49. The molecule has 156 valence electrons. The van der Waals surface area contributed by atoms with E-state index in [9.17, 15) is 26.4 Å². The molecule has 0 radical (unpaired) electrons. The summed E-state index contributed by atoms with van der Waals surface area (Å²) in [5.74, 6) is -3.32. The van der Waals surface area contributed by atoms with Crippen LogP contribution >= 0.6 is 0 Å². The molecule has 1 saturated heterocycles. The molecule has 2 aromatic rings. The van der Waals surface area contributed by atoms with Crippen molar-refractivity contribution in [2.24, 2.45) is 0 Å². The highest BCUT2D eigenvalue weighted by atomic mass is 32.2. The van der Waals surface area contributed by atoms with E-state index < -0.39 is 34.4 Å². The SMILES string of the molecule is CC(c1cc(F)c(F)cc1F)N1CCN(C(=O)c2ccc(N[SH](=O)=O)cc2)CC1. The molecule has 1 N–H and O–H groups in total. The van der Waals surface area contributed by atoms with Gasteiger partial charge < -0.3 is 4.90 Å². The minimum atomic E-state index is -2.77. The first-order chi connectivity index (χ1) is 13.8. The molecule has 1 atom stereocenters. The zero-order valence-corrected chi connectivity index (χ0v) is 16.5. The molecule has 2 aromatic carbocycles. The number of halogens is 3. The van der Waals surface area contributed by atoms with Gasteiger partial charge in [0.1, 0.15) is 5.82 Å². The largest absolute Gasteiger partial charge is 0.336 e. The molecule has 0 bridgehead atoms. The summed E-state index contributed by atoms with van der Waals surface area (Å²) in [4.78, 5) is 16.2. The Morgan fingerprint density at radius 3 is 2.14 bits per heavy atom. The Bertz CT molecular complexity index is 967. The quantitative estimate of drug-likeness (QED) is 0.569. The molecular formula is C19H20F3N3O3S. The van der Waals surface area contributed by atoms with Gasteiger partial charge in [-0.1, -0.05) is 0 Å². The molecule has 0 aromatic heterocycles. The predicted octanol–water partition coefficient (Wildman–Crippen LogP) is 2.56. The van der Waals surface area contributed by atoms with Gasteiger partial charge in [-0.05, 0) is 37.3 Å². The molecule has 1 fully saturated rings. The van der Waals surface area contributed by atoms with Crippen molar-refractivity contribution in [2.75, 3.05) is 30.9 Å². The molecule has 1 amide bonds. The number of thiol groups is 1. The lowest BCUT2D eigenvalue weighted by molar-refractivity contribution is 0.0578. The van der Waals surface area contributed by atoms with Crippen molar-refractivity contribution < 1.29 is 26.4 Å². The van der Waals surface area contributed by atoms with Crippen LogP contribution in [0.25, 0.3) is 0 Å². The van der Waals surface area contributed by atoms with Crippen LogP contribution in [0.1, 0.15) is 28.9 Å². The lowest BCUT2D eigenvalue weighted by atomic mass is 10.0. The van der Waals surface area contributed by atoms with E-state index in [1.54, 1.807) is 11.8 Å². The topological polar surface area (TPSA) is 69.7 Å². The lowest BCUT2D eigenvalue weighted by Gasteiger charge is -2.38. The summed E-state index contributed by atoms with van der Waals surface area (Å²) in [6, 6.07) is 7.03. The second-order valence-electron chi connectivity index (χ2n) is 6.74. The number of benzene rings is 2. The third-order valence-corrected chi connectivity index (χ3v) is 5.43. The van der Waals surface area contributed by atoms with E-state index in [1.807, 2.05) is 4.90 Å². The van der Waals surface area contributed by atoms with Crippen LogP contribution in [0.5, 0.6) is 0 Å². The van der Waals surface area contributed by atoms with E-state index in [-0.39, 0.29) is 11.5 Å². The van der Waals surface area contributed by atoms with Crippen molar-refractivity contribution >= 4 is 22.5 Å². The van der Waals surface area contributed by atoms with E-state index >= 15 is 0 Å². The fourth-order valence-corrected chi connectivity index (χ4v) is 3.70. The van der Waals surface area contributed by atoms with E-state index in [0.29, 0.717) is 43.5 Å². The summed E-state index contributed by atoms with van der Waals surface area (Å²) in [5.41, 5.74) is 0.859. The zero-order valence-electron chi connectivity index (χ0n) is 15.6. The number of nitrogens with zero attached hydrogens (tertiary/aromatic N) is 2. The molecule has 1 heterocycles. The summed E-state index contributed by atoms with van der Waals surface area (Å²) in [6.45, 7) is 3.38. The molecule has 29 heavy (non-hydrogen) atoms. The maximum absolute atomic E-state index is 14.0. The van der Waals surface area contributed by atoms with Gasteiger partial charge in [0, 0.05) is 55.1 Å². The Morgan fingerprint density at radius 1 is 0.966 bits per heavy atom. The highest BCUT2D eigenvalue weighted by Crippen LogP contribution is 2.26. The van der Waals surface area contributed by atoms with Gasteiger partial charge in [-0.2, -0.15) is 0 Å². The van der Waals surface area contributed by atoms with Crippen molar-refractivity contribution in [3.63, 3.8) is 0 Å².